The molecule has 0 saturated carbocycles. The molecule has 1 unspecified atom stereocenters. The fourth-order valence-electron chi connectivity index (χ4n) is 8.26. The molecule has 0 heteroatoms. The second-order valence-electron chi connectivity index (χ2n) is 13.7. The van der Waals surface area contributed by atoms with Crippen LogP contribution < -0.4 is 0 Å². The van der Waals surface area contributed by atoms with Crippen molar-refractivity contribution in [3.05, 3.63) is 157 Å². The van der Waals surface area contributed by atoms with Crippen molar-refractivity contribution >= 4 is 64.6 Å². The maximum Gasteiger partial charge on any atom is -0.00206 e. The second-order valence-corrected chi connectivity index (χ2v) is 13.7. The van der Waals surface area contributed by atoms with Gasteiger partial charge in [-0.25, -0.2) is 0 Å². The molecule has 0 spiro atoms. The molecular weight excluding hydrogens is 577 g/mol. The van der Waals surface area contributed by atoms with Gasteiger partial charge in [0, 0.05) is 0 Å². The van der Waals surface area contributed by atoms with E-state index in [1.165, 1.54) is 104 Å². The van der Waals surface area contributed by atoms with Gasteiger partial charge in [0.1, 0.15) is 0 Å². The van der Waals surface area contributed by atoms with Crippen molar-refractivity contribution < 1.29 is 0 Å². The van der Waals surface area contributed by atoms with Gasteiger partial charge in [0.2, 0.25) is 0 Å². The van der Waals surface area contributed by atoms with Crippen LogP contribution in [0.2, 0.25) is 0 Å². The first-order chi connectivity index (χ1) is 23.6. The zero-order valence-corrected chi connectivity index (χ0v) is 27.2. The topological polar surface area (TPSA) is 0 Å². The highest BCUT2D eigenvalue weighted by Crippen LogP contribution is 2.43. The third-order valence-corrected chi connectivity index (χ3v) is 11.0. The molecule has 0 aliphatic carbocycles. The lowest BCUT2D eigenvalue weighted by Crippen LogP contribution is -1.92. The van der Waals surface area contributed by atoms with Crippen molar-refractivity contribution in [2.24, 2.45) is 0 Å². The van der Waals surface area contributed by atoms with E-state index >= 15 is 0 Å². The van der Waals surface area contributed by atoms with Gasteiger partial charge in [-0.1, -0.05) is 135 Å². The minimum atomic E-state index is 0.553. The van der Waals surface area contributed by atoms with Gasteiger partial charge in [0.05, 0.1) is 0 Å². The zero-order chi connectivity index (χ0) is 31.9. The fourth-order valence-corrected chi connectivity index (χ4v) is 8.26. The SMILES string of the molecule is CCC(C)c1ccc(-c2cc(-c3cc4ccc5cccc6ccc(c3)c4c56)cc(-c3ccc4ccc5cccc6ccc3c4c56)c2)cc1. The van der Waals surface area contributed by atoms with E-state index in [1.807, 2.05) is 0 Å². The lowest BCUT2D eigenvalue weighted by Gasteiger charge is -2.17. The van der Waals surface area contributed by atoms with Gasteiger partial charge in [-0.2, -0.15) is 0 Å². The van der Waals surface area contributed by atoms with Gasteiger partial charge in [-0.05, 0) is 146 Å². The average molecular weight is 611 g/mol. The molecule has 0 radical (unpaired) electrons. The number of benzene rings is 10. The minimum absolute atomic E-state index is 0.553. The summed E-state index contributed by atoms with van der Waals surface area (Å²) in [6, 6.07) is 57.5. The lowest BCUT2D eigenvalue weighted by molar-refractivity contribution is 0.734. The van der Waals surface area contributed by atoms with E-state index in [0.717, 1.165) is 6.42 Å². The average Bonchev–Trinajstić information content (AvgIpc) is 3.15. The molecule has 226 valence electrons. The second kappa shape index (κ2) is 10.4. The molecule has 0 amide bonds. The molecule has 0 aliphatic heterocycles. The number of hydrogen-bond acceptors (Lipinski definition) is 0. The summed E-state index contributed by atoms with van der Waals surface area (Å²) in [6.07, 6.45) is 1.14. The molecule has 0 saturated heterocycles. The van der Waals surface area contributed by atoms with E-state index in [-0.39, 0.29) is 0 Å². The molecule has 10 rings (SSSR count). The first kappa shape index (κ1) is 27.4. The van der Waals surface area contributed by atoms with Crippen molar-refractivity contribution in [1.29, 1.82) is 0 Å². The van der Waals surface area contributed by atoms with Crippen LogP contribution in [0.3, 0.4) is 0 Å². The molecule has 10 aromatic rings. The summed E-state index contributed by atoms with van der Waals surface area (Å²) in [7, 11) is 0. The summed E-state index contributed by atoms with van der Waals surface area (Å²) in [4.78, 5) is 0. The Morgan fingerprint density at radius 1 is 0.375 bits per heavy atom. The van der Waals surface area contributed by atoms with Gasteiger partial charge in [-0.15, -0.1) is 0 Å². The predicted molar refractivity (Wildman–Crippen MR) is 209 cm³/mol. The minimum Gasteiger partial charge on any atom is -0.0648 e. The maximum absolute atomic E-state index is 2.41. The van der Waals surface area contributed by atoms with Crippen molar-refractivity contribution in [3.63, 3.8) is 0 Å². The molecule has 10 aromatic carbocycles. The zero-order valence-electron chi connectivity index (χ0n) is 27.2. The van der Waals surface area contributed by atoms with Crippen molar-refractivity contribution in [2.75, 3.05) is 0 Å². The summed E-state index contributed by atoms with van der Waals surface area (Å²) in [5, 5.41) is 15.8. The predicted octanol–water partition coefficient (Wildman–Crippen LogP) is 14.0. The Kier molecular flexibility index (Phi) is 5.93. The summed E-state index contributed by atoms with van der Waals surface area (Å²) >= 11 is 0. The van der Waals surface area contributed by atoms with Gasteiger partial charge in [0.25, 0.3) is 0 Å². The summed E-state index contributed by atoms with van der Waals surface area (Å²) in [6.45, 7) is 4.58. The molecule has 0 heterocycles. The Morgan fingerprint density at radius 2 is 0.812 bits per heavy atom. The maximum atomic E-state index is 2.41. The third kappa shape index (κ3) is 4.09. The Balaban J connectivity index is 1.23. The lowest BCUT2D eigenvalue weighted by atomic mass is 9.86. The van der Waals surface area contributed by atoms with E-state index in [1.54, 1.807) is 0 Å². The largest absolute Gasteiger partial charge is 0.0648 e. The molecule has 0 N–H and O–H groups in total. The third-order valence-electron chi connectivity index (χ3n) is 11.0. The van der Waals surface area contributed by atoms with Gasteiger partial charge < -0.3 is 0 Å². The van der Waals surface area contributed by atoms with Crippen LogP contribution in [0.15, 0.2) is 152 Å². The van der Waals surface area contributed by atoms with Crippen LogP contribution in [0, 0.1) is 0 Å². The van der Waals surface area contributed by atoms with Gasteiger partial charge in [-0.3, -0.25) is 0 Å². The summed E-state index contributed by atoms with van der Waals surface area (Å²) < 4.78 is 0. The van der Waals surface area contributed by atoms with Crippen molar-refractivity contribution in [1.82, 2.24) is 0 Å². The highest BCUT2D eigenvalue weighted by atomic mass is 14.2. The molecule has 0 aliphatic rings. The fraction of sp³-hybridized carbons (Fsp3) is 0.0833. The van der Waals surface area contributed by atoms with Crippen molar-refractivity contribution in [2.45, 2.75) is 26.2 Å². The number of rotatable bonds is 5. The molecule has 48 heavy (non-hydrogen) atoms. The highest BCUT2D eigenvalue weighted by Gasteiger charge is 2.16. The Morgan fingerprint density at radius 3 is 1.42 bits per heavy atom. The van der Waals surface area contributed by atoms with Crippen LogP contribution in [-0.2, 0) is 0 Å². The molecule has 0 aromatic heterocycles. The Hall–Kier alpha value is -5.72. The van der Waals surface area contributed by atoms with Gasteiger partial charge in [0.15, 0.2) is 0 Å². The highest BCUT2D eigenvalue weighted by molar-refractivity contribution is 6.26. The first-order valence-corrected chi connectivity index (χ1v) is 17.2. The quantitative estimate of drug-likeness (QED) is 0.170. The van der Waals surface area contributed by atoms with E-state index in [0.29, 0.717) is 5.92 Å². The first-order valence-electron chi connectivity index (χ1n) is 17.2. The summed E-state index contributed by atoms with van der Waals surface area (Å²) in [5.74, 6) is 0.553. The van der Waals surface area contributed by atoms with Crippen LogP contribution in [0.4, 0.5) is 0 Å². The van der Waals surface area contributed by atoms with Crippen LogP contribution in [0.25, 0.3) is 98.0 Å². The summed E-state index contributed by atoms with van der Waals surface area (Å²) in [5.41, 5.74) is 8.91. The van der Waals surface area contributed by atoms with Crippen molar-refractivity contribution in [3.8, 4) is 33.4 Å². The monoisotopic (exact) mass is 610 g/mol. The molecule has 0 nitrogen and oxygen atoms in total. The Bertz CT molecular complexity index is 2740. The normalized spacial score (nSPS) is 12.8. The smallest absolute Gasteiger partial charge is 0.00206 e. The molecule has 0 bridgehead atoms. The van der Waals surface area contributed by atoms with Crippen LogP contribution >= 0.6 is 0 Å². The molecular formula is C48H34. The van der Waals surface area contributed by atoms with Gasteiger partial charge >= 0.3 is 0 Å². The van der Waals surface area contributed by atoms with E-state index in [4.69, 9.17) is 0 Å². The van der Waals surface area contributed by atoms with E-state index in [9.17, 15) is 0 Å². The molecule has 0 fully saturated rings. The Labute approximate surface area is 280 Å². The van der Waals surface area contributed by atoms with E-state index < -0.39 is 0 Å². The van der Waals surface area contributed by atoms with Crippen LogP contribution in [0.5, 0.6) is 0 Å². The number of hydrogen-bond donors (Lipinski definition) is 0. The van der Waals surface area contributed by atoms with E-state index in [2.05, 4.69) is 166 Å². The van der Waals surface area contributed by atoms with Crippen LogP contribution in [-0.4, -0.2) is 0 Å². The molecule has 1 atom stereocenters. The standard InChI is InChI=1S/C48H34/c1-3-29(2)30-10-12-31(13-11-30)39-26-41(40-24-37-18-16-32-6-4-7-33-17-19-38(25-40)47(37)45(32)33)28-42(27-39)43-22-20-36-15-14-34-8-5-9-35-21-23-44(43)48(36)46(34)35/h4-29H,3H2,1-2H3. The van der Waals surface area contributed by atoms with Crippen LogP contribution in [0.1, 0.15) is 31.7 Å².